The maximum Gasteiger partial charge on any atom is 0.416 e. The predicted octanol–water partition coefficient (Wildman–Crippen LogP) is 6.58. The number of pyridine rings is 1. The summed E-state index contributed by atoms with van der Waals surface area (Å²) in [6.07, 6.45) is -2.75. The minimum Gasteiger partial charge on any atom is -0.494 e. The van der Waals surface area contributed by atoms with Gasteiger partial charge < -0.3 is 19.1 Å². The van der Waals surface area contributed by atoms with Crippen LogP contribution in [0.3, 0.4) is 0 Å². The smallest absolute Gasteiger partial charge is 0.416 e. The molecular weight excluding hydrogens is 603 g/mol. The van der Waals surface area contributed by atoms with E-state index >= 15 is 0 Å². The van der Waals surface area contributed by atoms with Gasteiger partial charge in [-0.1, -0.05) is 24.3 Å². The number of hydrogen-bond acceptors (Lipinski definition) is 7. The maximum atomic E-state index is 13.6. The Hall–Kier alpha value is -4.61. The zero-order valence-corrected chi connectivity index (χ0v) is 26.3. The third-order valence-electron chi connectivity index (χ3n) is 7.30. The lowest BCUT2D eigenvalue weighted by atomic mass is 9.94. The number of alkyl halides is 3. The Bertz CT molecular complexity index is 1510. The monoisotopic (exact) mass is 641 g/mol. The largest absolute Gasteiger partial charge is 0.494 e. The molecule has 2 heterocycles. The molecule has 0 radical (unpaired) electrons. The minimum atomic E-state index is -4.47. The maximum absolute atomic E-state index is 13.6. The minimum absolute atomic E-state index is 0.0627. The van der Waals surface area contributed by atoms with Crippen molar-refractivity contribution in [3.8, 4) is 5.75 Å². The normalized spacial score (nSPS) is 15.1. The van der Waals surface area contributed by atoms with E-state index < -0.39 is 35.3 Å². The van der Waals surface area contributed by atoms with E-state index in [1.165, 1.54) is 29.0 Å². The van der Waals surface area contributed by atoms with E-state index in [2.05, 4.69) is 4.98 Å². The first-order chi connectivity index (χ1) is 21.7. The van der Waals surface area contributed by atoms with E-state index in [0.29, 0.717) is 36.5 Å². The van der Waals surface area contributed by atoms with Crippen LogP contribution in [0.25, 0.3) is 0 Å². The molecule has 0 aliphatic carbocycles. The molecule has 0 saturated carbocycles. The highest BCUT2D eigenvalue weighted by molar-refractivity contribution is 5.86. The molecule has 2 amide bonds. The van der Waals surface area contributed by atoms with Crippen LogP contribution in [0.15, 0.2) is 66.9 Å². The number of carbonyl (C=O) groups is 3. The van der Waals surface area contributed by atoms with Crippen LogP contribution in [0.2, 0.25) is 0 Å². The molecule has 9 nitrogen and oxygen atoms in total. The number of methoxy groups -OCH3 is 1. The van der Waals surface area contributed by atoms with Gasteiger partial charge in [0.05, 0.1) is 31.6 Å². The van der Waals surface area contributed by atoms with Gasteiger partial charge >= 0.3 is 18.2 Å². The van der Waals surface area contributed by atoms with Crippen molar-refractivity contribution < 1.29 is 41.8 Å². The number of halogens is 3. The SMILES string of the molecule is COC(=O)CC1Cc2ccc(OCCCN(C(=O)OC(C)(C)C)c3ccccn3)cc2CN(Cc2ccc(C(F)(F)F)cc2)C1=O. The van der Waals surface area contributed by atoms with Crippen molar-refractivity contribution in [2.24, 2.45) is 5.92 Å². The van der Waals surface area contributed by atoms with Gasteiger partial charge in [0.1, 0.15) is 17.2 Å². The number of benzene rings is 2. The van der Waals surface area contributed by atoms with Crippen molar-refractivity contribution in [1.82, 2.24) is 9.88 Å². The van der Waals surface area contributed by atoms with Gasteiger partial charge in [-0.3, -0.25) is 14.5 Å². The number of esters is 1. The summed E-state index contributed by atoms with van der Waals surface area (Å²) in [5.41, 5.74) is 0.727. The molecule has 1 atom stereocenters. The average molecular weight is 642 g/mol. The molecule has 1 aliphatic rings. The summed E-state index contributed by atoms with van der Waals surface area (Å²) >= 11 is 0. The molecule has 0 spiro atoms. The van der Waals surface area contributed by atoms with Gasteiger partial charge in [-0.15, -0.1) is 0 Å². The molecule has 4 rings (SSSR count). The van der Waals surface area contributed by atoms with Crippen molar-refractivity contribution >= 4 is 23.8 Å². The van der Waals surface area contributed by atoms with E-state index in [1.54, 1.807) is 51.2 Å². The molecule has 46 heavy (non-hydrogen) atoms. The highest BCUT2D eigenvalue weighted by Gasteiger charge is 2.33. The van der Waals surface area contributed by atoms with Crippen molar-refractivity contribution in [1.29, 1.82) is 0 Å². The number of amides is 2. The van der Waals surface area contributed by atoms with Gasteiger partial charge in [-0.25, -0.2) is 9.78 Å². The number of aromatic nitrogens is 1. The zero-order valence-electron chi connectivity index (χ0n) is 26.3. The number of rotatable bonds is 10. The van der Waals surface area contributed by atoms with Crippen LogP contribution >= 0.6 is 0 Å². The van der Waals surface area contributed by atoms with Crippen LogP contribution in [-0.2, 0) is 44.7 Å². The highest BCUT2D eigenvalue weighted by atomic mass is 19.4. The molecule has 0 bridgehead atoms. The fraction of sp³-hybridized carbons (Fsp3) is 0.412. The first-order valence-corrected chi connectivity index (χ1v) is 14.9. The molecule has 246 valence electrons. The molecule has 3 aromatic rings. The van der Waals surface area contributed by atoms with E-state index in [9.17, 15) is 27.6 Å². The lowest BCUT2D eigenvalue weighted by Gasteiger charge is -2.26. The Morgan fingerprint density at radius 1 is 1.02 bits per heavy atom. The summed E-state index contributed by atoms with van der Waals surface area (Å²) in [6.45, 7) is 6.17. The van der Waals surface area contributed by atoms with Crippen LogP contribution in [-0.4, -0.2) is 53.7 Å². The second-order valence-electron chi connectivity index (χ2n) is 12.0. The van der Waals surface area contributed by atoms with Crippen LogP contribution in [0.4, 0.5) is 23.8 Å². The Kier molecular flexibility index (Phi) is 10.9. The number of carbonyl (C=O) groups excluding carboxylic acids is 3. The summed E-state index contributed by atoms with van der Waals surface area (Å²) in [6, 6.07) is 15.4. The number of ether oxygens (including phenoxy) is 3. The van der Waals surface area contributed by atoms with Gasteiger partial charge in [0.25, 0.3) is 0 Å². The molecule has 1 aromatic heterocycles. The molecule has 0 N–H and O–H groups in total. The van der Waals surface area contributed by atoms with Gasteiger partial charge in [-0.2, -0.15) is 13.2 Å². The fourth-order valence-electron chi connectivity index (χ4n) is 5.07. The second kappa shape index (κ2) is 14.7. The number of hydrogen-bond donors (Lipinski definition) is 0. The standard InChI is InChI=1S/C34H38F3N3O6/c1-33(2,3)46-32(43)40(29-8-5-6-15-38-29)16-7-17-45-28-14-11-24-18-25(20-30(41)44-4)31(42)39(22-26(24)19-28)21-23-9-12-27(13-10-23)34(35,36)37/h5-6,8-15,19,25H,7,16-18,20-22H2,1-4H3. The lowest BCUT2D eigenvalue weighted by molar-refractivity contribution is -0.147. The summed E-state index contributed by atoms with van der Waals surface area (Å²) in [7, 11) is 1.25. The Labute approximate surface area is 266 Å². The predicted molar refractivity (Wildman–Crippen MR) is 164 cm³/mol. The topological polar surface area (TPSA) is 98.3 Å². The second-order valence-corrected chi connectivity index (χ2v) is 12.0. The molecule has 1 aliphatic heterocycles. The van der Waals surface area contributed by atoms with E-state index in [4.69, 9.17) is 14.2 Å². The molecular formula is C34H38F3N3O6. The van der Waals surface area contributed by atoms with E-state index in [-0.39, 0.29) is 32.0 Å². The average Bonchev–Trinajstić information content (AvgIpc) is 3.12. The van der Waals surface area contributed by atoms with Crippen molar-refractivity contribution in [3.05, 3.63) is 89.1 Å². The van der Waals surface area contributed by atoms with Gasteiger partial charge in [-0.05, 0) is 86.7 Å². The summed E-state index contributed by atoms with van der Waals surface area (Å²) in [4.78, 5) is 45.9. The summed E-state index contributed by atoms with van der Waals surface area (Å²) in [5, 5.41) is 0. The highest BCUT2D eigenvalue weighted by Crippen LogP contribution is 2.31. The fourth-order valence-corrected chi connectivity index (χ4v) is 5.07. The Morgan fingerprint density at radius 2 is 1.76 bits per heavy atom. The quantitative estimate of drug-likeness (QED) is 0.182. The Balaban J connectivity index is 1.47. The number of fused-ring (bicyclic) bond motifs is 1. The first-order valence-electron chi connectivity index (χ1n) is 14.9. The Morgan fingerprint density at radius 3 is 2.39 bits per heavy atom. The van der Waals surface area contributed by atoms with E-state index in [0.717, 1.165) is 23.3 Å². The molecule has 2 aromatic carbocycles. The number of nitrogens with zero attached hydrogens (tertiary/aromatic N) is 3. The number of anilines is 1. The van der Waals surface area contributed by atoms with Crippen molar-refractivity contribution in [3.63, 3.8) is 0 Å². The zero-order chi connectivity index (χ0) is 33.5. The van der Waals surface area contributed by atoms with Crippen LogP contribution in [0, 0.1) is 5.92 Å². The summed E-state index contributed by atoms with van der Waals surface area (Å²) in [5.74, 6) is -0.502. The molecule has 1 unspecified atom stereocenters. The van der Waals surface area contributed by atoms with E-state index in [1.807, 2.05) is 12.1 Å². The van der Waals surface area contributed by atoms with Gasteiger partial charge in [0, 0.05) is 25.8 Å². The van der Waals surface area contributed by atoms with Crippen molar-refractivity contribution in [2.45, 2.75) is 64.9 Å². The lowest BCUT2D eigenvalue weighted by Crippen LogP contribution is -2.38. The third kappa shape index (κ3) is 9.45. The van der Waals surface area contributed by atoms with Crippen LogP contribution in [0.5, 0.6) is 5.75 Å². The van der Waals surface area contributed by atoms with Gasteiger partial charge in [0.2, 0.25) is 5.91 Å². The first kappa shape index (κ1) is 34.3. The molecule has 12 heteroatoms. The molecule has 0 saturated heterocycles. The van der Waals surface area contributed by atoms with Crippen molar-refractivity contribution in [2.75, 3.05) is 25.2 Å². The third-order valence-corrected chi connectivity index (χ3v) is 7.30. The van der Waals surface area contributed by atoms with Gasteiger partial charge in [0.15, 0.2) is 0 Å². The molecule has 0 fully saturated rings. The summed E-state index contributed by atoms with van der Waals surface area (Å²) < 4.78 is 55.6. The van der Waals surface area contributed by atoms with Crippen LogP contribution < -0.4 is 9.64 Å². The van der Waals surface area contributed by atoms with Crippen LogP contribution in [0.1, 0.15) is 55.9 Å².